The molecule has 2 aliphatic heterocycles. The number of urea groups is 1. The monoisotopic (exact) mass is 486 g/mol. The summed E-state index contributed by atoms with van der Waals surface area (Å²) in [4.78, 5) is 47.2. The maximum Gasteiger partial charge on any atom is 0.332 e. The van der Waals surface area contributed by atoms with E-state index in [1.165, 1.54) is 4.90 Å². The van der Waals surface area contributed by atoms with Crippen molar-refractivity contribution >= 4 is 34.4 Å². The number of imide groups is 1. The zero-order valence-corrected chi connectivity index (χ0v) is 21.4. The highest BCUT2D eigenvalue weighted by atomic mass is 16.2. The lowest BCUT2D eigenvalue weighted by Gasteiger charge is -2.35. The van der Waals surface area contributed by atoms with Crippen molar-refractivity contribution in [2.75, 3.05) is 11.4 Å². The van der Waals surface area contributed by atoms with Gasteiger partial charge in [0.1, 0.15) is 0 Å². The number of aromatic amines is 1. The molecule has 4 amide bonds. The van der Waals surface area contributed by atoms with Gasteiger partial charge in [0.15, 0.2) is 5.54 Å². The minimum atomic E-state index is -1.16. The molecule has 0 aliphatic carbocycles. The van der Waals surface area contributed by atoms with Crippen molar-refractivity contribution in [3.63, 3.8) is 0 Å². The maximum absolute atomic E-state index is 14.0. The molecule has 7 heteroatoms. The summed E-state index contributed by atoms with van der Waals surface area (Å²) in [6.45, 7) is 8.62. The predicted molar refractivity (Wildman–Crippen MR) is 141 cm³/mol. The van der Waals surface area contributed by atoms with Gasteiger partial charge in [0.25, 0.3) is 11.8 Å². The molecule has 0 spiro atoms. The summed E-state index contributed by atoms with van der Waals surface area (Å²) in [6.07, 6.45) is 3.68. The fraction of sp³-hybridized carbons (Fsp3) is 0.414. The van der Waals surface area contributed by atoms with Gasteiger partial charge in [-0.2, -0.15) is 0 Å². The van der Waals surface area contributed by atoms with Crippen molar-refractivity contribution in [1.82, 2.24) is 15.2 Å². The molecule has 1 aromatic heterocycles. The second-order valence-corrected chi connectivity index (χ2v) is 10.6. The lowest BCUT2D eigenvalue weighted by Crippen LogP contribution is -2.49. The van der Waals surface area contributed by atoms with Crippen LogP contribution in [0.3, 0.4) is 0 Å². The molecule has 0 saturated carbocycles. The zero-order chi connectivity index (χ0) is 25.6. The molecule has 7 nitrogen and oxygen atoms in total. The van der Waals surface area contributed by atoms with Gasteiger partial charge >= 0.3 is 6.03 Å². The summed E-state index contributed by atoms with van der Waals surface area (Å²) < 4.78 is 0. The molecule has 3 aromatic rings. The molecule has 188 valence electrons. The van der Waals surface area contributed by atoms with Crippen molar-refractivity contribution in [2.24, 2.45) is 5.92 Å². The van der Waals surface area contributed by atoms with Gasteiger partial charge < -0.3 is 15.2 Å². The lowest BCUT2D eigenvalue weighted by atomic mass is 9.87. The third kappa shape index (κ3) is 3.77. The Bertz CT molecular complexity index is 1340. The van der Waals surface area contributed by atoms with Gasteiger partial charge in [0, 0.05) is 23.5 Å². The van der Waals surface area contributed by atoms with Gasteiger partial charge in [-0.05, 0) is 56.4 Å². The predicted octanol–water partition coefficient (Wildman–Crippen LogP) is 5.35. The Morgan fingerprint density at radius 3 is 2.56 bits per heavy atom. The SMILES string of the molecule is CC(C)CCC[C@H](C)NC(=O)c1ccccc1N1C(=O)N2CCc3c([nH]c4ccccc34)[C@@]2(C)C1=O. The molecule has 1 saturated heterocycles. The second kappa shape index (κ2) is 9.12. The number of rotatable bonds is 7. The number of hydrogen-bond acceptors (Lipinski definition) is 3. The highest BCUT2D eigenvalue weighted by molar-refractivity contribution is 6.25. The van der Waals surface area contributed by atoms with E-state index in [4.69, 9.17) is 0 Å². The summed E-state index contributed by atoms with van der Waals surface area (Å²) in [5, 5.41) is 4.14. The van der Waals surface area contributed by atoms with E-state index in [-0.39, 0.29) is 17.9 Å². The average molecular weight is 487 g/mol. The van der Waals surface area contributed by atoms with Crippen LogP contribution in [0, 0.1) is 5.92 Å². The van der Waals surface area contributed by atoms with Crippen molar-refractivity contribution < 1.29 is 14.4 Å². The van der Waals surface area contributed by atoms with Crippen LogP contribution in [-0.4, -0.2) is 40.3 Å². The minimum Gasteiger partial charge on any atom is -0.356 e. The smallest absolute Gasteiger partial charge is 0.332 e. The van der Waals surface area contributed by atoms with Crippen LogP contribution < -0.4 is 10.2 Å². The standard InChI is InChI=1S/C29H34N4O3/c1-18(2)10-9-11-19(3)30-26(34)22-13-6-8-15-24(22)33-27(35)29(4)25-21(16-17-32(29)28(33)36)20-12-5-7-14-23(20)31-25/h5-8,12-15,18-19,31H,9-11,16-17H2,1-4H3,(H,30,34)/t19-,29-/m0/s1. The number of carbonyl (C=O) groups is 3. The summed E-state index contributed by atoms with van der Waals surface area (Å²) >= 11 is 0. The molecule has 5 rings (SSSR count). The molecule has 3 heterocycles. The Hall–Kier alpha value is -3.61. The van der Waals surface area contributed by atoms with Crippen LogP contribution >= 0.6 is 0 Å². The molecule has 2 aliphatic rings. The molecule has 2 atom stereocenters. The number of nitrogens with one attached hydrogen (secondary N) is 2. The molecule has 2 N–H and O–H groups in total. The number of aromatic nitrogens is 1. The first-order valence-electron chi connectivity index (χ1n) is 12.9. The van der Waals surface area contributed by atoms with E-state index in [0.29, 0.717) is 30.1 Å². The van der Waals surface area contributed by atoms with Crippen LogP contribution in [0.4, 0.5) is 10.5 Å². The molecule has 1 fully saturated rings. The number of benzene rings is 2. The Kier molecular flexibility index (Phi) is 6.10. The second-order valence-electron chi connectivity index (χ2n) is 10.6. The van der Waals surface area contributed by atoms with E-state index in [2.05, 4.69) is 24.1 Å². The molecule has 2 aromatic carbocycles. The number of amides is 4. The highest BCUT2D eigenvalue weighted by Crippen LogP contribution is 2.45. The molecular weight excluding hydrogens is 452 g/mol. The van der Waals surface area contributed by atoms with Crippen LogP contribution in [0.1, 0.15) is 68.6 Å². The van der Waals surface area contributed by atoms with Crippen LogP contribution in [0.25, 0.3) is 10.9 Å². The summed E-state index contributed by atoms with van der Waals surface area (Å²) in [7, 11) is 0. The van der Waals surface area contributed by atoms with Gasteiger partial charge in [0.05, 0.1) is 16.9 Å². The largest absolute Gasteiger partial charge is 0.356 e. The molecule has 0 radical (unpaired) electrons. The van der Waals surface area contributed by atoms with Gasteiger partial charge in [-0.1, -0.05) is 57.0 Å². The molecular formula is C29H34N4O3. The third-order valence-corrected chi connectivity index (χ3v) is 7.65. The minimum absolute atomic E-state index is 0.00737. The van der Waals surface area contributed by atoms with E-state index >= 15 is 0 Å². The molecule has 36 heavy (non-hydrogen) atoms. The van der Waals surface area contributed by atoms with Crippen molar-refractivity contribution in [2.45, 2.75) is 65.0 Å². The van der Waals surface area contributed by atoms with E-state index < -0.39 is 11.6 Å². The van der Waals surface area contributed by atoms with Crippen molar-refractivity contribution in [1.29, 1.82) is 0 Å². The number of anilines is 1. The fourth-order valence-corrected chi connectivity index (χ4v) is 5.67. The Balaban J connectivity index is 1.46. The van der Waals surface area contributed by atoms with Gasteiger partial charge in [-0.15, -0.1) is 0 Å². The van der Waals surface area contributed by atoms with Gasteiger partial charge in [0.2, 0.25) is 0 Å². The average Bonchev–Trinajstić information content (AvgIpc) is 3.32. The van der Waals surface area contributed by atoms with Crippen molar-refractivity contribution in [3.05, 3.63) is 65.4 Å². The van der Waals surface area contributed by atoms with E-state index in [1.54, 1.807) is 36.1 Å². The van der Waals surface area contributed by atoms with Gasteiger partial charge in [-0.3, -0.25) is 9.59 Å². The first kappa shape index (κ1) is 24.1. The third-order valence-electron chi connectivity index (χ3n) is 7.65. The molecule has 0 unspecified atom stereocenters. The van der Waals surface area contributed by atoms with E-state index in [0.717, 1.165) is 41.4 Å². The number of nitrogens with zero attached hydrogens (tertiary/aromatic N) is 2. The normalized spacial score (nSPS) is 20.1. The van der Waals surface area contributed by atoms with Gasteiger partial charge in [-0.25, -0.2) is 9.69 Å². The summed E-state index contributed by atoms with van der Waals surface area (Å²) in [5.74, 6) is 0.00769. The first-order valence-corrected chi connectivity index (χ1v) is 12.9. The van der Waals surface area contributed by atoms with E-state index in [9.17, 15) is 14.4 Å². The number of para-hydroxylation sites is 2. The number of hydrogen-bond donors (Lipinski definition) is 2. The van der Waals surface area contributed by atoms with Crippen LogP contribution in [0.15, 0.2) is 48.5 Å². The lowest BCUT2D eigenvalue weighted by molar-refractivity contribution is -0.125. The van der Waals surface area contributed by atoms with Crippen LogP contribution in [0.5, 0.6) is 0 Å². The number of carbonyl (C=O) groups excluding carboxylic acids is 3. The Morgan fingerprint density at radius 1 is 1.06 bits per heavy atom. The van der Waals surface area contributed by atoms with Crippen LogP contribution in [-0.2, 0) is 16.8 Å². The summed E-state index contributed by atoms with van der Waals surface area (Å²) in [6, 6.07) is 14.5. The number of fused-ring (bicyclic) bond motifs is 5. The topological polar surface area (TPSA) is 85.5 Å². The first-order chi connectivity index (χ1) is 17.2. The van der Waals surface area contributed by atoms with Crippen molar-refractivity contribution in [3.8, 4) is 0 Å². The fourth-order valence-electron chi connectivity index (χ4n) is 5.67. The van der Waals surface area contributed by atoms with E-state index in [1.807, 2.05) is 31.2 Å². The Morgan fingerprint density at radius 2 is 1.78 bits per heavy atom. The summed E-state index contributed by atoms with van der Waals surface area (Å²) in [5.41, 5.74) is 2.29. The van der Waals surface area contributed by atoms with Crippen LogP contribution in [0.2, 0.25) is 0 Å². The quantitative estimate of drug-likeness (QED) is 0.441. The highest BCUT2D eigenvalue weighted by Gasteiger charge is 2.59. The maximum atomic E-state index is 14.0. The Labute approximate surface area is 211 Å². The number of H-pyrrole nitrogens is 1. The molecule has 0 bridgehead atoms. The zero-order valence-electron chi connectivity index (χ0n) is 21.4.